The largest absolute Gasteiger partial charge is 0.343 e. The molecule has 0 aliphatic carbocycles. The molecule has 0 radical (unpaired) electrons. The average molecular weight is 421 g/mol. The number of nitrogens with zero attached hydrogens (tertiary/aromatic N) is 4. The molecular weight excluding hydrogens is 392 g/mol. The second kappa shape index (κ2) is 9.85. The number of hydrogen-bond acceptors (Lipinski definition) is 5. The van der Waals surface area contributed by atoms with Gasteiger partial charge in [-0.3, -0.25) is 9.59 Å². The van der Waals surface area contributed by atoms with Crippen LogP contribution in [0.4, 0.5) is 0 Å². The first-order valence-corrected chi connectivity index (χ1v) is 11.2. The minimum Gasteiger partial charge on any atom is -0.343 e. The monoisotopic (exact) mass is 420 g/mol. The lowest BCUT2D eigenvalue weighted by Crippen LogP contribution is -2.47. The molecule has 0 aromatic heterocycles. The number of hydrogen-bond donors (Lipinski definition) is 0. The first kappa shape index (κ1) is 22.8. The van der Waals surface area contributed by atoms with E-state index in [9.17, 15) is 18.0 Å². The fourth-order valence-corrected chi connectivity index (χ4v) is 4.55. The standard InChI is InChI=1S/C20H28N4O4S/c1-4-23(5-2)20(26)17-10-12-24(13-11-17)19(25)15-22(3)29(27,28)18-8-6-16(14-21)7-9-18/h6-9,17H,4-5,10-13,15H2,1-3H3. The Labute approximate surface area is 172 Å². The number of carbonyl (C=O) groups excluding carboxylic acids is 2. The zero-order chi connectivity index (χ0) is 21.6. The molecule has 0 saturated carbocycles. The van der Waals surface area contributed by atoms with Gasteiger partial charge < -0.3 is 9.80 Å². The molecule has 8 nitrogen and oxygen atoms in total. The normalized spacial score (nSPS) is 15.2. The minimum atomic E-state index is -3.82. The lowest BCUT2D eigenvalue weighted by atomic mass is 9.95. The van der Waals surface area contributed by atoms with E-state index in [4.69, 9.17) is 5.26 Å². The number of benzene rings is 1. The van der Waals surface area contributed by atoms with Crippen LogP contribution in [0.2, 0.25) is 0 Å². The van der Waals surface area contributed by atoms with E-state index in [0.29, 0.717) is 44.6 Å². The van der Waals surface area contributed by atoms with Crippen LogP contribution < -0.4 is 0 Å². The van der Waals surface area contributed by atoms with Gasteiger partial charge in [0.25, 0.3) is 0 Å². The molecule has 2 rings (SSSR count). The van der Waals surface area contributed by atoms with Crippen molar-refractivity contribution in [3.8, 4) is 6.07 Å². The van der Waals surface area contributed by atoms with E-state index in [0.717, 1.165) is 4.31 Å². The Kier molecular flexibility index (Phi) is 7.76. The molecule has 1 heterocycles. The Bertz CT molecular complexity index is 865. The van der Waals surface area contributed by atoms with Gasteiger partial charge in [0, 0.05) is 39.1 Å². The van der Waals surface area contributed by atoms with Gasteiger partial charge in [-0.15, -0.1) is 0 Å². The van der Waals surface area contributed by atoms with Gasteiger partial charge in [0.1, 0.15) is 0 Å². The molecule has 0 N–H and O–H groups in total. The second-order valence-electron chi connectivity index (χ2n) is 7.06. The van der Waals surface area contributed by atoms with Gasteiger partial charge >= 0.3 is 0 Å². The van der Waals surface area contributed by atoms with Crippen LogP contribution in [0.15, 0.2) is 29.2 Å². The number of carbonyl (C=O) groups is 2. The van der Waals surface area contributed by atoms with Crippen molar-refractivity contribution in [3.05, 3.63) is 29.8 Å². The third-order valence-corrected chi connectivity index (χ3v) is 7.14. The van der Waals surface area contributed by atoms with Gasteiger partial charge in [0.05, 0.1) is 23.1 Å². The van der Waals surface area contributed by atoms with Gasteiger partial charge in [0.15, 0.2) is 0 Å². The number of amides is 2. The molecule has 1 aromatic carbocycles. The molecule has 0 unspecified atom stereocenters. The molecule has 1 aromatic rings. The van der Waals surface area contributed by atoms with Crippen molar-refractivity contribution in [2.24, 2.45) is 5.92 Å². The highest BCUT2D eigenvalue weighted by molar-refractivity contribution is 7.89. The van der Waals surface area contributed by atoms with Crippen LogP contribution in [0.5, 0.6) is 0 Å². The molecule has 0 spiro atoms. The van der Waals surface area contributed by atoms with E-state index >= 15 is 0 Å². The Morgan fingerprint density at radius 1 is 1.14 bits per heavy atom. The summed E-state index contributed by atoms with van der Waals surface area (Å²) in [5.74, 6) is -0.236. The number of sulfonamides is 1. The zero-order valence-corrected chi connectivity index (χ0v) is 18.0. The van der Waals surface area contributed by atoms with E-state index < -0.39 is 10.0 Å². The molecule has 9 heteroatoms. The molecule has 1 aliphatic rings. The number of nitriles is 1. The molecular formula is C20H28N4O4S. The summed E-state index contributed by atoms with van der Waals surface area (Å²) in [5, 5.41) is 8.83. The molecule has 1 aliphatic heterocycles. The molecule has 1 saturated heterocycles. The highest BCUT2D eigenvalue weighted by atomic mass is 32.2. The molecule has 2 amide bonds. The van der Waals surface area contributed by atoms with Gasteiger partial charge in [-0.05, 0) is 51.0 Å². The Morgan fingerprint density at radius 3 is 2.17 bits per heavy atom. The van der Waals surface area contributed by atoms with Crippen LogP contribution in [-0.2, 0) is 19.6 Å². The van der Waals surface area contributed by atoms with Crippen molar-refractivity contribution in [2.45, 2.75) is 31.6 Å². The fourth-order valence-electron chi connectivity index (χ4n) is 3.43. The number of piperidine rings is 1. The lowest BCUT2D eigenvalue weighted by Gasteiger charge is -2.34. The van der Waals surface area contributed by atoms with Crippen LogP contribution in [0.1, 0.15) is 32.3 Å². The van der Waals surface area contributed by atoms with Gasteiger partial charge in [-0.25, -0.2) is 8.42 Å². The Balaban J connectivity index is 1.95. The second-order valence-corrected chi connectivity index (χ2v) is 9.11. The summed E-state index contributed by atoms with van der Waals surface area (Å²) < 4.78 is 26.3. The maximum absolute atomic E-state index is 12.7. The van der Waals surface area contributed by atoms with E-state index in [2.05, 4.69) is 0 Å². The van der Waals surface area contributed by atoms with Crippen LogP contribution in [-0.4, -0.2) is 74.1 Å². The number of rotatable bonds is 7. The van der Waals surface area contributed by atoms with Crippen molar-refractivity contribution in [3.63, 3.8) is 0 Å². The van der Waals surface area contributed by atoms with Crippen LogP contribution in [0, 0.1) is 17.2 Å². The van der Waals surface area contributed by atoms with Crippen LogP contribution in [0.3, 0.4) is 0 Å². The van der Waals surface area contributed by atoms with Gasteiger partial charge in [-0.2, -0.15) is 9.57 Å². The quantitative estimate of drug-likeness (QED) is 0.661. The van der Waals surface area contributed by atoms with Crippen molar-refractivity contribution >= 4 is 21.8 Å². The minimum absolute atomic E-state index is 0.0373. The zero-order valence-electron chi connectivity index (χ0n) is 17.2. The summed E-state index contributed by atoms with van der Waals surface area (Å²) in [7, 11) is -2.46. The molecule has 1 fully saturated rings. The smallest absolute Gasteiger partial charge is 0.243 e. The first-order chi connectivity index (χ1) is 13.7. The van der Waals surface area contributed by atoms with Crippen molar-refractivity contribution in [1.82, 2.24) is 14.1 Å². The predicted octanol–water partition coefficient (Wildman–Crippen LogP) is 1.29. The van der Waals surface area contributed by atoms with E-state index in [1.165, 1.54) is 31.3 Å². The highest BCUT2D eigenvalue weighted by Crippen LogP contribution is 2.21. The summed E-state index contributed by atoms with van der Waals surface area (Å²) in [6, 6.07) is 7.52. The summed E-state index contributed by atoms with van der Waals surface area (Å²) >= 11 is 0. The predicted molar refractivity (Wildman–Crippen MR) is 108 cm³/mol. The fraction of sp³-hybridized carbons (Fsp3) is 0.550. The third kappa shape index (κ3) is 5.34. The van der Waals surface area contributed by atoms with Crippen molar-refractivity contribution in [2.75, 3.05) is 39.8 Å². The lowest BCUT2D eigenvalue weighted by molar-refractivity contribution is -0.140. The van der Waals surface area contributed by atoms with Crippen LogP contribution in [0.25, 0.3) is 0 Å². The summed E-state index contributed by atoms with van der Waals surface area (Å²) in [6.45, 7) is 5.87. The Morgan fingerprint density at radius 2 is 1.69 bits per heavy atom. The van der Waals surface area contributed by atoms with Crippen LogP contribution >= 0.6 is 0 Å². The van der Waals surface area contributed by atoms with E-state index in [-0.39, 0.29) is 29.2 Å². The first-order valence-electron chi connectivity index (χ1n) is 9.77. The summed E-state index contributed by atoms with van der Waals surface area (Å²) in [5.41, 5.74) is 0.366. The topological polar surface area (TPSA) is 102 Å². The molecule has 0 bridgehead atoms. The molecule has 0 atom stereocenters. The Hall–Kier alpha value is -2.44. The summed E-state index contributed by atoms with van der Waals surface area (Å²) in [4.78, 5) is 28.5. The third-order valence-electron chi connectivity index (χ3n) is 5.32. The maximum Gasteiger partial charge on any atom is 0.243 e. The maximum atomic E-state index is 12.7. The number of likely N-dealkylation sites (N-methyl/N-ethyl adjacent to an activating group) is 1. The van der Waals surface area contributed by atoms with Crippen molar-refractivity contribution in [1.29, 1.82) is 5.26 Å². The average Bonchev–Trinajstić information content (AvgIpc) is 2.74. The van der Waals surface area contributed by atoms with Gasteiger partial charge in [0.2, 0.25) is 21.8 Å². The van der Waals surface area contributed by atoms with Crippen molar-refractivity contribution < 1.29 is 18.0 Å². The van der Waals surface area contributed by atoms with E-state index in [1.54, 1.807) is 9.80 Å². The number of likely N-dealkylation sites (tertiary alicyclic amines) is 1. The molecule has 29 heavy (non-hydrogen) atoms. The van der Waals surface area contributed by atoms with E-state index in [1.807, 2.05) is 19.9 Å². The summed E-state index contributed by atoms with van der Waals surface area (Å²) in [6.07, 6.45) is 1.18. The highest BCUT2D eigenvalue weighted by Gasteiger charge is 2.31. The van der Waals surface area contributed by atoms with Gasteiger partial charge in [-0.1, -0.05) is 0 Å². The molecule has 158 valence electrons. The SMILES string of the molecule is CCN(CC)C(=O)C1CCN(C(=O)CN(C)S(=O)(=O)c2ccc(C#N)cc2)CC1.